The second kappa shape index (κ2) is 10.6. The van der Waals surface area contributed by atoms with Crippen molar-refractivity contribution in [1.82, 2.24) is 10.6 Å². The standard InChI is InChI=1S/C21H25ClN2O4/c1-4-27-18-10-9-15(12-19(18)28-5-2)14(3)24-20(25)13-23-21(26)16-7-6-8-17(22)11-16/h6-12,14H,4-5,13H2,1-3H3,(H,23,26)(H,24,25)/t14-/m1/s1. The molecule has 2 rings (SSSR count). The summed E-state index contributed by atoms with van der Waals surface area (Å²) in [6.07, 6.45) is 0. The van der Waals surface area contributed by atoms with Crippen molar-refractivity contribution in [3.8, 4) is 11.5 Å². The SMILES string of the molecule is CCOc1ccc([C@@H](C)NC(=O)CNC(=O)c2cccc(Cl)c2)cc1OCC. The van der Waals surface area contributed by atoms with Crippen LogP contribution in [-0.4, -0.2) is 31.6 Å². The van der Waals surface area contributed by atoms with E-state index in [4.69, 9.17) is 21.1 Å². The van der Waals surface area contributed by atoms with Gasteiger partial charge in [0.05, 0.1) is 25.8 Å². The van der Waals surface area contributed by atoms with Crippen molar-refractivity contribution in [1.29, 1.82) is 0 Å². The highest BCUT2D eigenvalue weighted by molar-refractivity contribution is 6.30. The lowest BCUT2D eigenvalue weighted by molar-refractivity contribution is -0.120. The first-order valence-corrected chi connectivity index (χ1v) is 9.55. The van der Waals surface area contributed by atoms with Crippen molar-refractivity contribution in [2.24, 2.45) is 0 Å². The Hall–Kier alpha value is -2.73. The molecule has 0 saturated carbocycles. The number of ether oxygens (including phenoxy) is 2. The molecule has 0 aliphatic carbocycles. The van der Waals surface area contributed by atoms with E-state index in [1.165, 1.54) is 0 Å². The highest BCUT2D eigenvalue weighted by atomic mass is 35.5. The molecule has 0 unspecified atom stereocenters. The molecule has 7 heteroatoms. The van der Waals surface area contributed by atoms with Crippen molar-refractivity contribution in [2.45, 2.75) is 26.8 Å². The topological polar surface area (TPSA) is 76.7 Å². The quantitative estimate of drug-likeness (QED) is 0.667. The summed E-state index contributed by atoms with van der Waals surface area (Å²) in [5, 5.41) is 5.91. The van der Waals surface area contributed by atoms with Gasteiger partial charge in [-0.25, -0.2) is 0 Å². The van der Waals surface area contributed by atoms with Crippen LogP contribution in [0, 0.1) is 0 Å². The summed E-state index contributed by atoms with van der Waals surface area (Å²) in [5.74, 6) is 0.650. The van der Waals surface area contributed by atoms with Gasteiger partial charge >= 0.3 is 0 Å². The smallest absolute Gasteiger partial charge is 0.251 e. The van der Waals surface area contributed by atoms with E-state index in [2.05, 4.69) is 10.6 Å². The number of halogens is 1. The van der Waals surface area contributed by atoms with E-state index < -0.39 is 0 Å². The number of nitrogens with one attached hydrogen (secondary N) is 2. The summed E-state index contributed by atoms with van der Waals surface area (Å²) in [7, 11) is 0. The minimum absolute atomic E-state index is 0.134. The van der Waals surface area contributed by atoms with E-state index in [-0.39, 0.29) is 24.4 Å². The second-order valence-corrected chi connectivity index (χ2v) is 6.49. The van der Waals surface area contributed by atoms with Crippen molar-refractivity contribution in [3.63, 3.8) is 0 Å². The largest absolute Gasteiger partial charge is 0.490 e. The van der Waals surface area contributed by atoms with E-state index in [0.717, 1.165) is 5.56 Å². The Kier molecular flexibility index (Phi) is 8.14. The third kappa shape index (κ3) is 6.16. The molecule has 2 aromatic rings. The maximum atomic E-state index is 12.2. The fraction of sp³-hybridized carbons (Fsp3) is 0.333. The Morgan fingerprint density at radius 2 is 1.75 bits per heavy atom. The van der Waals surface area contributed by atoms with Crippen molar-refractivity contribution < 1.29 is 19.1 Å². The number of benzene rings is 2. The number of amides is 2. The van der Waals surface area contributed by atoms with Gasteiger partial charge in [-0.3, -0.25) is 9.59 Å². The molecule has 150 valence electrons. The molecule has 0 bridgehead atoms. The molecule has 0 fully saturated rings. The maximum Gasteiger partial charge on any atom is 0.251 e. The predicted molar refractivity (Wildman–Crippen MR) is 109 cm³/mol. The average Bonchev–Trinajstić information content (AvgIpc) is 2.67. The predicted octanol–water partition coefficient (Wildman–Crippen LogP) is 3.74. The molecule has 6 nitrogen and oxygen atoms in total. The Bertz CT molecular complexity index is 826. The van der Waals surface area contributed by atoms with Gasteiger partial charge in [0.25, 0.3) is 5.91 Å². The Labute approximate surface area is 170 Å². The molecule has 28 heavy (non-hydrogen) atoms. The monoisotopic (exact) mass is 404 g/mol. The van der Waals surface area contributed by atoms with Gasteiger partial charge in [0.15, 0.2) is 11.5 Å². The molecule has 0 heterocycles. The zero-order chi connectivity index (χ0) is 20.5. The van der Waals surface area contributed by atoms with Crippen molar-refractivity contribution in [2.75, 3.05) is 19.8 Å². The highest BCUT2D eigenvalue weighted by Crippen LogP contribution is 2.30. The molecule has 0 radical (unpaired) electrons. The van der Waals surface area contributed by atoms with E-state index >= 15 is 0 Å². The lowest BCUT2D eigenvalue weighted by Crippen LogP contribution is -2.38. The summed E-state index contributed by atoms with van der Waals surface area (Å²) in [5.41, 5.74) is 1.28. The Morgan fingerprint density at radius 1 is 1.04 bits per heavy atom. The number of rotatable bonds is 9. The molecular weight excluding hydrogens is 380 g/mol. The zero-order valence-electron chi connectivity index (χ0n) is 16.3. The van der Waals surface area contributed by atoms with E-state index in [1.54, 1.807) is 24.3 Å². The summed E-state index contributed by atoms with van der Waals surface area (Å²) in [6.45, 7) is 6.59. The first-order chi connectivity index (χ1) is 13.4. The zero-order valence-corrected chi connectivity index (χ0v) is 17.0. The highest BCUT2D eigenvalue weighted by Gasteiger charge is 2.14. The fourth-order valence-corrected chi connectivity index (χ4v) is 2.80. The Balaban J connectivity index is 1.94. The number of hydrogen-bond donors (Lipinski definition) is 2. The van der Waals surface area contributed by atoms with Crippen LogP contribution in [0.1, 0.15) is 42.7 Å². The molecule has 1 atom stereocenters. The van der Waals surface area contributed by atoms with Crippen LogP contribution >= 0.6 is 11.6 Å². The van der Waals surface area contributed by atoms with E-state index in [0.29, 0.717) is 35.3 Å². The first-order valence-electron chi connectivity index (χ1n) is 9.17. The van der Waals surface area contributed by atoms with Crippen LogP contribution in [0.15, 0.2) is 42.5 Å². The van der Waals surface area contributed by atoms with Gasteiger partial charge in [-0.1, -0.05) is 23.7 Å². The van der Waals surface area contributed by atoms with Gasteiger partial charge in [0.2, 0.25) is 5.91 Å². The van der Waals surface area contributed by atoms with Gasteiger partial charge in [0.1, 0.15) is 0 Å². The molecule has 0 saturated heterocycles. The minimum atomic E-state index is -0.356. The van der Waals surface area contributed by atoms with Gasteiger partial charge in [-0.2, -0.15) is 0 Å². The van der Waals surface area contributed by atoms with Crippen LogP contribution in [-0.2, 0) is 4.79 Å². The number of carbonyl (C=O) groups excluding carboxylic acids is 2. The summed E-state index contributed by atoms with van der Waals surface area (Å²) < 4.78 is 11.2. The summed E-state index contributed by atoms with van der Waals surface area (Å²) in [4.78, 5) is 24.3. The minimum Gasteiger partial charge on any atom is -0.490 e. The fourth-order valence-electron chi connectivity index (χ4n) is 2.61. The molecule has 0 aliphatic rings. The molecule has 0 aliphatic heterocycles. The van der Waals surface area contributed by atoms with Crippen LogP contribution in [0.2, 0.25) is 5.02 Å². The average molecular weight is 405 g/mol. The van der Waals surface area contributed by atoms with Gasteiger partial charge < -0.3 is 20.1 Å². The third-order valence-electron chi connectivity index (χ3n) is 3.94. The van der Waals surface area contributed by atoms with Crippen LogP contribution < -0.4 is 20.1 Å². The van der Waals surface area contributed by atoms with E-state index in [9.17, 15) is 9.59 Å². The van der Waals surface area contributed by atoms with E-state index in [1.807, 2.05) is 39.0 Å². The van der Waals surface area contributed by atoms with Gasteiger partial charge in [-0.05, 0) is 56.7 Å². The number of carbonyl (C=O) groups is 2. The second-order valence-electron chi connectivity index (χ2n) is 6.05. The molecule has 2 N–H and O–H groups in total. The number of hydrogen-bond acceptors (Lipinski definition) is 4. The molecular formula is C21H25ClN2O4. The van der Waals surface area contributed by atoms with Crippen LogP contribution in [0.25, 0.3) is 0 Å². The van der Waals surface area contributed by atoms with Gasteiger partial charge in [-0.15, -0.1) is 0 Å². The summed E-state index contributed by atoms with van der Waals surface area (Å²) in [6, 6.07) is 11.8. The first kappa shape index (κ1) is 21.6. The molecule has 0 spiro atoms. The van der Waals surface area contributed by atoms with Crippen molar-refractivity contribution in [3.05, 3.63) is 58.6 Å². The molecule has 0 aromatic heterocycles. The third-order valence-corrected chi connectivity index (χ3v) is 4.18. The molecule has 2 amide bonds. The normalized spacial score (nSPS) is 11.4. The van der Waals surface area contributed by atoms with Crippen molar-refractivity contribution >= 4 is 23.4 Å². The maximum absolute atomic E-state index is 12.2. The van der Waals surface area contributed by atoms with Crippen LogP contribution in [0.3, 0.4) is 0 Å². The Morgan fingerprint density at radius 3 is 2.43 bits per heavy atom. The lowest BCUT2D eigenvalue weighted by Gasteiger charge is -2.17. The lowest BCUT2D eigenvalue weighted by atomic mass is 10.1. The molecule has 2 aromatic carbocycles. The van der Waals surface area contributed by atoms with Gasteiger partial charge in [0, 0.05) is 10.6 Å². The summed E-state index contributed by atoms with van der Waals surface area (Å²) >= 11 is 5.88. The van der Waals surface area contributed by atoms with Crippen LogP contribution in [0.5, 0.6) is 11.5 Å². The van der Waals surface area contributed by atoms with Crippen LogP contribution in [0.4, 0.5) is 0 Å².